The summed E-state index contributed by atoms with van der Waals surface area (Å²) in [5, 5.41) is 20.7. The third kappa shape index (κ3) is 3.67. The summed E-state index contributed by atoms with van der Waals surface area (Å²) in [6.45, 7) is 2.12. The lowest BCUT2D eigenvalue weighted by Crippen LogP contribution is -2.35. The highest BCUT2D eigenvalue weighted by atomic mass is 32.2. The topological polar surface area (TPSA) is 68.9 Å². The maximum absolute atomic E-state index is 13.2. The molecule has 0 spiro atoms. The number of thioether (sulfide) groups is 1. The van der Waals surface area contributed by atoms with Crippen LogP contribution in [0.1, 0.15) is 30.4 Å². The summed E-state index contributed by atoms with van der Waals surface area (Å²) in [5.41, 5.74) is 2.32. The highest BCUT2D eigenvalue weighted by Crippen LogP contribution is 2.37. The first-order valence-electron chi connectivity index (χ1n) is 11.6. The summed E-state index contributed by atoms with van der Waals surface area (Å²) >= 11 is 1.38. The fourth-order valence-corrected chi connectivity index (χ4v) is 5.84. The van der Waals surface area contributed by atoms with E-state index in [1.165, 1.54) is 16.8 Å². The molecule has 2 heterocycles. The SMILES string of the molecule is CC[C@H](C1=NN2C(=N)/C(=C\c3c4ccccc4cc4ccccc34)C(=O)N=C2S1)c1ccccc1. The van der Waals surface area contributed by atoms with Gasteiger partial charge in [-0.25, -0.2) is 0 Å². The maximum Gasteiger partial charge on any atom is 0.283 e. The molecule has 0 radical (unpaired) electrons. The van der Waals surface area contributed by atoms with Crippen LogP contribution in [-0.2, 0) is 4.79 Å². The molecule has 0 saturated heterocycles. The Balaban J connectivity index is 1.45. The number of amides is 1. The Kier molecular flexibility index (Phi) is 5.30. The summed E-state index contributed by atoms with van der Waals surface area (Å²) in [7, 11) is 0. The second-order valence-corrected chi connectivity index (χ2v) is 9.55. The van der Waals surface area contributed by atoms with Gasteiger partial charge in [0.25, 0.3) is 5.91 Å². The molecule has 0 fully saturated rings. The molecule has 0 aliphatic carbocycles. The van der Waals surface area contributed by atoms with Crippen LogP contribution in [0.15, 0.2) is 101 Å². The van der Waals surface area contributed by atoms with Gasteiger partial charge >= 0.3 is 0 Å². The number of nitrogens with zero attached hydrogens (tertiary/aromatic N) is 3. The number of hydrazone groups is 1. The number of hydrogen-bond donors (Lipinski definition) is 1. The van der Waals surface area contributed by atoms with Gasteiger partial charge in [0.05, 0.1) is 5.57 Å². The Hall–Kier alpha value is -4.03. The Morgan fingerprint density at radius 2 is 1.57 bits per heavy atom. The molecule has 0 bridgehead atoms. The van der Waals surface area contributed by atoms with Crippen LogP contribution in [0.3, 0.4) is 0 Å². The average molecular weight is 475 g/mol. The third-order valence-electron chi connectivity index (χ3n) is 6.48. The lowest BCUT2D eigenvalue weighted by molar-refractivity contribution is -0.114. The normalized spacial score (nSPS) is 17.6. The Morgan fingerprint density at radius 3 is 2.23 bits per heavy atom. The molecule has 0 aromatic heterocycles. The zero-order chi connectivity index (χ0) is 23.9. The molecule has 170 valence electrons. The fraction of sp³-hybridized carbons (Fsp3) is 0.103. The van der Waals surface area contributed by atoms with Gasteiger partial charge in [-0.2, -0.15) is 15.1 Å². The highest BCUT2D eigenvalue weighted by Gasteiger charge is 2.37. The monoisotopic (exact) mass is 474 g/mol. The van der Waals surface area contributed by atoms with Gasteiger partial charge in [0.15, 0.2) is 5.84 Å². The molecule has 4 aromatic carbocycles. The molecule has 2 aliphatic heterocycles. The van der Waals surface area contributed by atoms with Gasteiger partial charge in [-0.1, -0.05) is 85.8 Å². The summed E-state index contributed by atoms with van der Waals surface area (Å²) in [6.07, 6.45) is 2.67. The van der Waals surface area contributed by atoms with Crippen molar-refractivity contribution in [2.45, 2.75) is 19.3 Å². The molecule has 1 atom stereocenters. The van der Waals surface area contributed by atoms with E-state index >= 15 is 0 Å². The number of hydrogen-bond acceptors (Lipinski definition) is 4. The second-order valence-electron chi connectivity index (χ2n) is 8.56. The third-order valence-corrected chi connectivity index (χ3v) is 7.50. The molecule has 5 nitrogen and oxygen atoms in total. The van der Waals surface area contributed by atoms with Gasteiger partial charge in [0.1, 0.15) is 5.04 Å². The Bertz CT molecular complexity index is 1550. The van der Waals surface area contributed by atoms with Crippen LogP contribution in [0, 0.1) is 5.41 Å². The van der Waals surface area contributed by atoms with Gasteiger partial charge in [0, 0.05) is 5.92 Å². The average Bonchev–Trinajstić information content (AvgIpc) is 3.30. The fourth-order valence-electron chi connectivity index (χ4n) is 4.73. The quantitative estimate of drug-likeness (QED) is 0.261. The number of amidine groups is 2. The first-order chi connectivity index (χ1) is 17.1. The molecular formula is C29H22N4OS. The number of nitrogens with one attached hydrogen (secondary N) is 1. The number of carbonyl (C=O) groups excluding carboxylic acids is 1. The van der Waals surface area contributed by atoms with Crippen molar-refractivity contribution in [3.63, 3.8) is 0 Å². The van der Waals surface area contributed by atoms with Crippen molar-refractivity contribution < 1.29 is 4.79 Å². The van der Waals surface area contributed by atoms with Crippen LogP contribution in [0.2, 0.25) is 0 Å². The van der Waals surface area contributed by atoms with Crippen LogP contribution < -0.4 is 0 Å². The number of carbonyl (C=O) groups is 1. The minimum atomic E-state index is -0.407. The van der Waals surface area contributed by atoms with E-state index in [-0.39, 0.29) is 17.3 Å². The van der Waals surface area contributed by atoms with Gasteiger partial charge < -0.3 is 0 Å². The molecule has 35 heavy (non-hydrogen) atoms. The van der Waals surface area contributed by atoms with E-state index in [2.05, 4.69) is 42.2 Å². The predicted molar refractivity (Wildman–Crippen MR) is 146 cm³/mol. The van der Waals surface area contributed by atoms with E-state index in [1.807, 2.05) is 60.7 Å². The summed E-state index contributed by atoms with van der Waals surface area (Å²) in [4.78, 5) is 17.5. The van der Waals surface area contributed by atoms with E-state index in [9.17, 15) is 4.79 Å². The van der Waals surface area contributed by atoms with E-state index in [0.717, 1.165) is 44.1 Å². The van der Waals surface area contributed by atoms with Crippen molar-refractivity contribution in [2.24, 2.45) is 10.1 Å². The molecule has 6 rings (SSSR count). The molecule has 6 heteroatoms. The van der Waals surface area contributed by atoms with E-state index in [1.54, 1.807) is 0 Å². The molecule has 2 aliphatic rings. The van der Waals surface area contributed by atoms with Crippen LogP contribution in [-0.4, -0.2) is 27.0 Å². The summed E-state index contributed by atoms with van der Waals surface area (Å²) in [6, 6.07) is 28.6. The van der Waals surface area contributed by atoms with Crippen molar-refractivity contribution in [1.82, 2.24) is 5.01 Å². The maximum atomic E-state index is 13.2. The van der Waals surface area contributed by atoms with Crippen molar-refractivity contribution in [3.8, 4) is 0 Å². The second kappa shape index (κ2) is 8.64. The first kappa shape index (κ1) is 21.5. The highest BCUT2D eigenvalue weighted by molar-refractivity contribution is 8.27. The minimum absolute atomic E-state index is 0.0578. The van der Waals surface area contributed by atoms with Crippen molar-refractivity contribution in [3.05, 3.63) is 102 Å². The number of aliphatic imine (C=N–C) groups is 1. The molecular weight excluding hydrogens is 452 g/mol. The Labute approximate surface area is 207 Å². The largest absolute Gasteiger partial charge is 0.283 e. The number of fused-ring (bicyclic) bond motifs is 3. The summed E-state index contributed by atoms with van der Waals surface area (Å²) in [5.74, 6) is -0.260. The van der Waals surface area contributed by atoms with Gasteiger partial charge in [-0.05, 0) is 63.0 Å². The molecule has 1 N–H and O–H groups in total. The van der Waals surface area contributed by atoms with Gasteiger partial charge in [0.2, 0.25) is 5.17 Å². The lowest BCUT2D eigenvalue weighted by Gasteiger charge is -2.20. The van der Waals surface area contributed by atoms with Crippen LogP contribution >= 0.6 is 11.8 Å². The minimum Gasteiger partial charge on any atom is -0.282 e. The zero-order valence-corrected chi connectivity index (χ0v) is 19.9. The summed E-state index contributed by atoms with van der Waals surface area (Å²) < 4.78 is 0. The molecule has 0 saturated carbocycles. The van der Waals surface area contributed by atoms with Crippen molar-refractivity contribution in [1.29, 1.82) is 5.41 Å². The molecule has 4 aromatic rings. The zero-order valence-electron chi connectivity index (χ0n) is 19.1. The van der Waals surface area contributed by atoms with Crippen LogP contribution in [0.5, 0.6) is 0 Å². The molecule has 0 unspecified atom stereocenters. The number of benzene rings is 4. The molecule has 1 amide bonds. The van der Waals surface area contributed by atoms with Crippen molar-refractivity contribution in [2.75, 3.05) is 0 Å². The first-order valence-corrected chi connectivity index (χ1v) is 12.4. The van der Waals surface area contributed by atoms with Gasteiger partial charge in [-0.3, -0.25) is 10.2 Å². The smallest absolute Gasteiger partial charge is 0.282 e. The van der Waals surface area contributed by atoms with Crippen molar-refractivity contribution >= 4 is 61.3 Å². The predicted octanol–water partition coefficient (Wildman–Crippen LogP) is 6.81. The standard InChI is InChI=1S/C29H22N4OS/c1-2-21(18-10-4-3-5-11-18)28-32-33-26(30)25(27(34)31-29(33)35-28)17-24-22-14-8-6-12-19(22)16-20-13-7-9-15-23(20)24/h3-17,21,30H,2H2,1H3/b25-17+,30-26?/t21-/m0/s1. The van der Waals surface area contributed by atoms with E-state index < -0.39 is 5.91 Å². The number of rotatable bonds is 4. The lowest BCUT2D eigenvalue weighted by atomic mass is 9.95. The Morgan fingerprint density at radius 1 is 0.943 bits per heavy atom. The van der Waals surface area contributed by atoms with E-state index in [0.29, 0.717) is 5.17 Å². The van der Waals surface area contributed by atoms with Crippen LogP contribution in [0.25, 0.3) is 27.6 Å². The van der Waals surface area contributed by atoms with Gasteiger partial charge in [-0.15, -0.1) is 0 Å². The van der Waals surface area contributed by atoms with E-state index in [4.69, 9.17) is 10.5 Å². The van der Waals surface area contributed by atoms with Crippen LogP contribution in [0.4, 0.5) is 0 Å².